The summed E-state index contributed by atoms with van der Waals surface area (Å²) in [5.74, 6) is 0. The molecule has 2 aromatic carbocycles. The predicted molar refractivity (Wildman–Crippen MR) is 87.4 cm³/mol. The topological polar surface area (TPSA) is 58.2 Å². The predicted octanol–water partition coefficient (Wildman–Crippen LogP) is 2.65. The normalized spacial score (nSPS) is 11.5. The van der Waals surface area contributed by atoms with Crippen LogP contribution in [-0.2, 0) is 23.1 Å². The van der Waals surface area contributed by atoms with Crippen LogP contribution in [-0.4, -0.2) is 15.5 Å². The number of nitrogens with one attached hydrogen (secondary N) is 2. The summed E-state index contributed by atoms with van der Waals surface area (Å²) in [5.41, 5.74) is 1.83. The Bertz CT molecular complexity index is 717. The van der Waals surface area contributed by atoms with Crippen molar-refractivity contribution in [1.82, 2.24) is 10.0 Å². The Hall–Kier alpha value is -1.21. The van der Waals surface area contributed by atoms with Crippen LogP contribution in [0.2, 0.25) is 0 Å². The van der Waals surface area contributed by atoms with Gasteiger partial charge < -0.3 is 5.32 Å². The average Bonchev–Trinajstić information content (AvgIpc) is 2.47. The molecule has 4 nitrogen and oxygen atoms in total. The third-order valence-electron chi connectivity index (χ3n) is 3.00. The molecule has 0 aliphatic carbocycles. The second-order valence-electron chi connectivity index (χ2n) is 4.59. The van der Waals surface area contributed by atoms with E-state index in [2.05, 4.69) is 26.0 Å². The fraction of sp³-hybridized carbons (Fsp3) is 0.200. The molecule has 0 aromatic heterocycles. The first-order chi connectivity index (χ1) is 10.0. The Balaban J connectivity index is 2.15. The highest BCUT2D eigenvalue weighted by atomic mass is 79.9. The van der Waals surface area contributed by atoms with Crippen LogP contribution < -0.4 is 10.0 Å². The molecule has 0 heterocycles. The van der Waals surface area contributed by atoms with Gasteiger partial charge in [-0.3, -0.25) is 0 Å². The van der Waals surface area contributed by atoms with E-state index < -0.39 is 10.0 Å². The summed E-state index contributed by atoms with van der Waals surface area (Å²) in [6.07, 6.45) is 0. The van der Waals surface area contributed by atoms with Crippen molar-refractivity contribution in [2.45, 2.75) is 18.0 Å². The van der Waals surface area contributed by atoms with E-state index in [9.17, 15) is 8.42 Å². The third kappa shape index (κ3) is 4.38. The van der Waals surface area contributed by atoms with Gasteiger partial charge in [0.25, 0.3) is 0 Å². The van der Waals surface area contributed by atoms with Crippen LogP contribution in [0.5, 0.6) is 0 Å². The average molecular weight is 369 g/mol. The molecule has 6 heteroatoms. The zero-order chi connectivity index (χ0) is 15.3. The molecular formula is C15H17BrN2O2S. The van der Waals surface area contributed by atoms with Gasteiger partial charge in [-0.15, -0.1) is 0 Å². The highest BCUT2D eigenvalue weighted by molar-refractivity contribution is 9.10. The van der Waals surface area contributed by atoms with Gasteiger partial charge in [-0.05, 0) is 36.4 Å². The highest BCUT2D eigenvalue weighted by Crippen LogP contribution is 2.17. The van der Waals surface area contributed by atoms with Crippen LogP contribution in [0.3, 0.4) is 0 Å². The van der Waals surface area contributed by atoms with Gasteiger partial charge >= 0.3 is 0 Å². The number of hydrogen-bond acceptors (Lipinski definition) is 3. The summed E-state index contributed by atoms with van der Waals surface area (Å²) in [6.45, 7) is 0.883. The van der Waals surface area contributed by atoms with Crippen molar-refractivity contribution in [3.05, 3.63) is 64.1 Å². The second-order valence-corrected chi connectivity index (χ2v) is 7.21. The van der Waals surface area contributed by atoms with Gasteiger partial charge in [0.2, 0.25) is 10.0 Å². The minimum atomic E-state index is -3.51. The van der Waals surface area contributed by atoms with Crippen molar-refractivity contribution in [2.24, 2.45) is 0 Å². The molecule has 0 amide bonds. The molecule has 2 aromatic rings. The SMILES string of the molecule is CNCc1cccc(S(=O)(=O)NCc2ccccc2Br)c1. The Kier molecular flexibility index (Phi) is 5.52. The minimum absolute atomic E-state index is 0.250. The molecule has 0 aliphatic heterocycles. The van der Waals surface area contributed by atoms with Crippen molar-refractivity contribution < 1.29 is 8.42 Å². The zero-order valence-electron chi connectivity index (χ0n) is 11.6. The Morgan fingerprint density at radius 2 is 1.81 bits per heavy atom. The highest BCUT2D eigenvalue weighted by Gasteiger charge is 2.14. The van der Waals surface area contributed by atoms with Crippen LogP contribution in [0.4, 0.5) is 0 Å². The molecule has 0 radical (unpaired) electrons. The summed E-state index contributed by atoms with van der Waals surface area (Å²) in [4.78, 5) is 0.280. The first-order valence-electron chi connectivity index (χ1n) is 6.49. The molecule has 0 unspecified atom stereocenters. The largest absolute Gasteiger partial charge is 0.316 e. The van der Waals surface area contributed by atoms with E-state index in [1.54, 1.807) is 18.2 Å². The first-order valence-corrected chi connectivity index (χ1v) is 8.77. The Labute approximate surface area is 133 Å². The maximum atomic E-state index is 12.3. The number of rotatable bonds is 6. The third-order valence-corrected chi connectivity index (χ3v) is 5.17. The molecule has 0 aliphatic rings. The van der Waals surface area contributed by atoms with Crippen LogP contribution in [0.25, 0.3) is 0 Å². The van der Waals surface area contributed by atoms with E-state index in [-0.39, 0.29) is 11.4 Å². The fourth-order valence-corrected chi connectivity index (χ4v) is 3.43. The summed E-state index contributed by atoms with van der Waals surface area (Å²) >= 11 is 3.41. The molecular weight excluding hydrogens is 352 g/mol. The van der Waals surface area contributed by atoms with E-state index in [1.165, 1.54) is 0 Å². The molecule has 0 bridgehead atoms. The standard InChI is InChI=1S/C15H17BrN2O2S/c1-17-10-12-5-4-7-14(9-12)21(19,20)18-11-13-6-2-3-8-15(13)16/h2-9,17-18H,10-11H2,1H3. The van der Waals surface area contributed by atoms with Crippen LogP contribution in [0, 0.1) is 0 Å². The lowest BCUT2D eigenvalue weighted by Gasteiger charge is -2.09. The van der Waals surface area contributed by atoms with Crippen LogP contribution in [0.1, 0.15) is 11.1 Å². The smallest absolute Gasteiger partial charge is 0.240 e. The Morgan fingerprint density at radius 3 is 2.52 bits per heavy atom. The molecule has 0 saturated carbocycles. The number of hydrogen-bond donors (Lipinski definition) is 2. The summed E-state index contributed by atoms with van der Waals surface area (Å²) in [7, 11) is -1.69. The van der Waals surface area contributed by atoms with E-state index >= 15 is 0 Å². The number of sulfonamides is 1. The van der Waals surface area contributed by atoms with Crippen molar-refractivity contribution in [3.8, 4) is 0 Å². The molecule has 0 atom stereocenters. The minimum Gasteiger partial charge on any atom is -0.316 e. The summed E-state index contributed by atoms with van der Waals surface area (Å²) in [6, 6.07) is 14.5. The maximum Gasteiger partial charge on any atom is 0.240 e. The lowest BCUT2D eigenvalue weighted by atomic mass is 10.2. The lowest BCUT2D eigenvalue weighted by Crippen LogP contribution is -2.23. The van der Waals surface area contributed by atoms with Gasteiger partial charge in [-0.2, -0.15) is 0 Å². The molecule has 0 saturated heterocycles. The van der Waals surface area contributed by atoms with E-state index in [4.69, 9.17) is 0 Å². The van der Waals surface area contributed by atoms with Gasteiger partial charge in [0.1, 0.15) is 0 Å². The van der Waals surface area contributed by atoms with Crippen molar-refractivity contribution >= 4 is 26.0 Å². The maximum absolute atomic E-state index is 12.3. The van der Waals surface area contributed by atoms with E-state index in [0.29, 0.717) is 6.54 Å². The second kappa shape index (κ2) is 7.17. The monoisotopic (exact) mass is 368 g/mol. The van der Waals surface area contributed by atoms with E-state index in [0.717, 1.165) is 15.6 Å². The van der Waals surface area contributed by atoms with Gasteiger partial charge in [0.15, 0.2) is 0 Å². The molecule has 112 valence electrons. The molecule has 0 spiro atoms. The molecule has 0 fully saturated rings. The number of benzene rings is 2. The molecule has 2 rings (SSSR count). The summed E-state index contributed by atoms with van der Waals surface area (Å²) < 4.78 is 28.2. The molecule has 21 heavy (non-hydrogen) atoms. The van der Waals surface area contributed by atoms with Crippen molar-refractivity contribution in [1.29, 1.82) is 0 Å². The summed E-state index contributed by atoms with van der Waals surface area (Å²) in [5, 5.41) is 3.01. The number of halogens is 1. The van der Waals surface area contributed by atoms with Crippen molar-refractivity contribution in [3.63, 3.8) is 0 Å². The van der Waals surface area contributed by atoms with Crippen LogP contribution in [0.15, 0.2) is 57.9 Å². The zero-order valence-corrected chi connectivity index (χ0v) is 14.0. The van der Waals surface area contributed by atoms with Gasteiger partial charge in [-0.1, -0.05) is 46.3 Å². The first kappa shape index (κ1) is 16.2. The van der Waals surface area contributed by atoms with Gasteiger partial charge in [0, 0.05) is 17.6 Å². The van der Waals surface area contributed by atoms with Gasteiger partial charge in [0.05, 0.1) is 4.90 Å². The molecule has 2 N–H and O–H groups in total. The fourth-order valence-electron chi connectivity index (χ4n) is 1.92. The van der Waals surface area contributed by atoms with Crippen LogP contribution >= 0.6 is 15.9 Å². The quantitative estimate of drug-likeness (QED) is 0.823. The Morgan fingerprint density at radius 1 is 1.05 bits per heavy atom. The van der Waals surface area contributed by atoms with Crippen molar-refractivity contribution in [2.75, 3.05) is 7.05 Å². The van der Waals surface area contributed by atoms with Gasteiger partial charge in [-0.25, -0.2) is 13.1 Å². The lowest BCUT2D eigenvalue weighted by molar-refractivity contribution is 0.581. The van der Waals surface area contributed by atoms with E-state index in [1.807, 2.05) is 37.4 Å².